The number of nitrogens with zero attached hydrogens (tertiary/aromatic N) is 2. The molecule has 19 heavy (non-hydrogen) atoms. The van der Waals surface area contributed by atoms with Gasteiger partial charge < -0.3 is 9.55 Å². The van der Waals surface area contributed by atoms with Crippen LogP contribution in [0.25, 0.3) is 11.0 Å². The molecule has 4 heteroatoms. The molecule has 2 rings (SSSR count). The van der Waals surface area contributed by atoms with Gasteiger partial charge in [0.05, 0.1) is 22.7 Å². The molecular formula is C15H19N3S. The van der Waals surface area contributed by atoms with E-state index in [1.54, 1.807) is 0 Å². The van der Waals surface area contributed by atoms with Crippen molar-refractivity contribution in [1.82, 2.24) is 9.55 Å². The van der Waals surface area contributed by atoms with Gasteiger partial charge in [-0.05, 0) is 41.7 Å². The zero-order valence-corrected chi connectivity index (χ0v) is 12.6. The summed E-state index contributed by atoms with van der Waals surface area (Å²) in [5.41, 5.74) is 2.90. The Morgan fingerprint density at radius 1 is 1.42 bits per heavy atom. The second-order valence-electron chi connectivity index (χ2n) is 6.15. The summed E-state index contributed by atoms with van der Waals surface area (Å²) in [6.07, 6.45) is 0. The number of aromatic nitrogens is 2. The Morgan fingerprint density at radius 3 is 2.68 bits per heavy atom. The molecule has 0 aliphatic rings. The van der Waals surface area contributed by atoms with E-state index in [9.17, 15) is 0 Å². The van der Waals surface area contributed by atoms with E-state index in [0.29, 0.717) is 11.5 Å². The van der Waals surface area contributed by atoms with E-state index < -0.39 is 0 Å². The highest BCUT2D eigenvalue weighted by Gasteiger charge is 2.21. The number of aromatic amines is 1. The third kappa shape index (κ3) is 2.71. The summed E-state index contributed by atoms with van der Waals surface area (Å²) < 4.78 is 2.82. The third-order valence-electron chi connectivity index (χ3n) is 3.84. The van der Waals surface area contributed by atoms with Gasteiger partial charge in [-0.25, -0.2) is 0 Å². The molecule has 0 aliphatic heterocycles. The van der Waals surface area contributed by atoms with Crippen LogP contribution in [-0.2, 0) is 6.54 Å². The van der Waals surface area contributed by atoms with Crippen LogP contribution in [0.5, 0.6) is 0 Å². The molecule has 0 bridgehead atoms. The molecule has 1 heterocycles. The molecule has 0 saturated heterocycles. The van der Waals surface area contributed by atoms with Crippen LogP contribution in [0.3, 0.4) is 0 Å². The Labute approximate surface area is 118 Å². The fraction of sp³-hybridized carbons (Fsp3) is 0.467. The molecule has 1 N–H and O–H groups in total. The van der Waals surface area contributed by atoms with Crippen molar-refractivity contribution in [2.45, 2.75) is 34.2 Å². The van der Waals surface area contributed by atoms with Gasteiger partial charge >= 0.3 is 0 Å². The number of rotatable bonds is 2. The number of nitriles is 1. The summed E-state index contributed by atoms with van der Waals surface area (Å²) in [6.45, 7) is 9.79. The maximum absolute atomic E-state index is 9.01. The first kappa shape index (κ1) is 13.8. The minimum atomic E-state index is 0.227. The van der Waals surface area contributed by atoms with Crippen LogP contribution in [0.4, 0.5) is 0 Å². The lowest BCUT2D eigenvalue weighted by atomic mass is 9.82. The van der Waals surface area contributed by atoms with Gasteiger partial charge in [0.25, 0.3) is 0 Å². The molecule has 100 valence electrons. The van der Waals surface area contributed by atoms with E-state index in [-0.39, 0.29) is 5.41 Å². The van der Waals surface area contributed by atoms with Crippen LogP contribution < -0.4 is 0 Å². The van der Waals surface area contributed by atoms with Crippen LogP contribution >= 0.6 is 12.2 Å². The molecule has 0 spiro atoms. The number of nitrogens with one attached hydrogen (secondary N) is 1. The molecular weight excluding hydrogens is 254 g/mol. The van der Waals surface area contributed by atoms with E-state index >= 15 is 0 Å². The molecule has 1 atom stereocenters. The third-order valence-corrected chi connectivity index (χ3v) is 4.16. The predicted molar refractivity (Wildman–Crippen MR) is 80.5 cm³/mol. The summed E-state index contributed by atoms with van der Waals surface area (Å²) in [6, 6.07) is 7.81. The van der Waals surface area contributed by atoms with Crippen molar-refractivity contribution < 1.29 is 0 Å². The normalized spacial score (nSPS) is 13.4. The zero-order valence-electron chi connectivity index (χ0n) is 11.8. The second-order valence-corrected chi connectivity index (χ2v) is 6.54. The molecule has 2 aromatic rings. The number of H-pyrrole nitrogens is 1. The quantitative estimate of drug-likeness (QED) is 0.831. The Hall–Kier alpha value is -1.60. The standard InChI is InChI=1S/C15H19N3S/c1-10(15(2,3)4)9-18-13-7-11(8-16)5-6-12(13)17-14(18)19/h5-7,10H,9H2,1-4H3,(H,17,19). The van der Waals surface area contributed by atoms with Crippen molar-refractivity contribution in [2.75, 3.05) is 0 Å². The summed E-state index contributed by atoms with van der Waals surface area (Å²) in [5.74, 6) is 0.490. The number of benzene rings is 1. The highest BCUT2D eigenvalue weighted by atomic mass is 32.1. The van der Waals surface area contributed by atoms with Gasteiger partial charge in [0.2, 0.25) is 0 Å². The van der Waals surface area contributed by atoms with E-state index in [1.807, 2.05) is 18.2 Å². The lowest BCUT2D eigenvalue weighted by Gasteiger charge is -2.27. The van der Waals surface area contributed by atoms with Gasteiger partial charge in [-0.15, -0.1) is 0 Å². The van der Waals surface area contributed by atoms with Crippen molar-refractivity contribution >= 4 is 23.3 Å². The van der Waals surface area contributed by atoms with Crippen molar-refractivity contribution in [1.29, 1.82) is 5.26 Å². The van der Waals surface area contributed by atoms with Gasteiger partial charge in [-0.3, -0.25) is 0 Å². The fourth-order valence-corrected chi connectivity index (χ4v) is 2.23. The van der Waals surface area contributed by atoms with Crippen LogP contribution in [0.15, 0.2) is 18.2 Å². The maximum Gasteiger partial charge on any atom is 0.178 e. The fourth-order valence-electron chi connectivity index (χ4n) is 1.95. The first-order valence-corrected chi connectivity index (χ1v) is 6.86. The van der Waals surface area contributed by atoms with Gasteiger partial charge in [0.1, 0.15) is 0 Å². The average Bonchev–Trinajstić information content (AvgIpc) is 2.64. The van der Waals surface area contributed by atoms with Crippen molar-refractivity contribution in [3.63, 3.8) is 0 Å². The summed E-state index contributed by atoms with van der Waals surface area (Å²) in [4.78, 5) is 3.20. The number of hydrogen-bond donors (Lipinski definition) is 1. The molecule has 0 saturated carbocycles. The minimum Gasteiger partial charge on any atom is -0.331 e. The molecule has 0 aliphatic carbocycles. The summed E-state index contributed by atoms with van der Waals surface area (Å²) in [5, 5.41) is 9.01. The van der Waals surface area contributed by atoms with Crippen molar-refractivity contribution in [3.05, 3.63) is 28.5 Å². The van der Waals surface area contributed by atoms with Gasteiger partial charge in [-0.2, -0.15) is 5.26 Å². The molecule has 0 radical (unpaired) electrons. The lowest BCUT2D eigenvalue weighted by molar-refractivity contribution is 0.234. The number of fused-ring (bicyclic) bond motifs is 1. The van der Waals surface area contributed by atoms with Crippen molar-refractivity contribution in [3.8, 4) is 6.07 Å². The summed E-state index contributed by atoms with van der Waals surface area (Å²) >= 11 is 5.40. The Morgan fingerprint density at radius 2 is 2.11 bits per heavy atom. The minimum absolute atomic E-state index is 0.227. The molecule has 1 unspecified atom stereocenters. The lowest BCUT2D eigenvalue weighted by Crippen LogP contribution is -2.22. The molecule has 0 amide bonds. The van der Waals surface area contributed by atoms with Gasteiger partial charge in [0, 0.05) is 6.54 Å². The second kappa shape index (κ2) is 4.82. The first-order chi connectivity index (χ1) is 8.82. The van der Waals surface area contributed by atoms with Crippen LogP contribution in [0.2, 0.25) is 0 Å². The first-order valence-electron chi connectivity index (χ1n) is 6.45. The molecule has 1 aromatic carbocycles. The Balaban J connectivity index is 2.51. The monoisotopic (exact) mass is 273 g/mol. The molecule has 0 fully saturated rings. The predicted octanol–water partition coefficient (Wildman–Crippen LogP) is 4.25. The van der Waals surface area contributed by atoms with Crippen LogP contribution in [-0.4, -0.2) is 9.55 Å². The van der Waals surface area contributed by atoms with E-state index in [1.165, 1.54) is 0 Å². The van der Waals surface area contributed by atoms with Gasteiger partial charge in [-0.1, -0.05) is 27.7 Å². The largest absolute Gasteiger partial charge is 0.331 e. The highest BCUT2D eigenvalue weighted by Crippen LogP contribution is 2.28. The molecule has 1 aromatic heterocycles. The topological polar surface area (TPSA) is 44.5 Å². The van der Waals surface area contributed by atoms with E-state index in [4.69, 9.17) is 17.5 Å². The Bertz CT molecular complexity index is 695. The van der Waals surface area contributed by atoms with Crippen LogP contribution in [0.1, 0.15) is 33.3 Å². The highest BCUT2D eigenvalue weighted by molar-refractivity contribution is 7.71. The number of hydrogen-bond acceptors (Lipinski definition) is 2. The smallest absolute Gasteiger partial charge is 0.178 e. The number of imidazole rings is 1. The average molecular weight is 273 g/mol. The van der Waals surface area contributed by atoms with Gasteiger partial charge in [0.15, 0.2) is 4.77 Å². The van der Waals surface area contributed by atoms with Crippen LogP contribution in [0, 0.1) is 27.4 Å². The van der Waals surface area contributed by atoms with Crippen molar-refractivity contribution in [2.24, 2.45) is 11.3 Å². The maximum atomic E-state index is 9.01. The summed E-state index contributed by atoms with van der Waals surface area (Å²) in [7, 11) is 0. The zero-order chi connectivity index (χ0) is 14.2. The van der Waals surface area contributed by atoms with E-state index in [0.717, 1.165) is 22.3 Å². The van der Waals surface area contributed by atoms with E-state index in [2.05, 4.69) is 43.3 Å². The Kier molecular flexibility index (Phi) is 3.51. The SMILES string of the molecule is CC(Cn1c(=S)[nH]c2ccc(C#N)cc21)C(C)(C)C. The molecule has 3 nitrogen and oxygen atoms in total.